The van der Waals surface area contributed by atoms with Crippen molar-refractivity contribution in [1.29, 1.82) is 0 Å². The Hall–Kier alpha value is -1.17. The minimum absolute atomic E-state index is 0.0104. The number of hydrogen-bond acceptors (Lipinski definition) is 5. The summed E-state index contributed by atoms with van der Waals surface area (Å²) in [5.74, 6) is 0.780. The summed E-state index contributed by atoms with van der Waals surface area (Å²) in [6.07, 6.45) is 1.67. The van der Waals surface area contributed by atoms with E-state index in [4.69, 9.17) is 9.47 Å². The van der Waals surface area contributed by atoms with Crippen molar-refractivity contribution in [2.75, 3.05) is 11.9 Å². The first-order chi connectivity index (χ1) is 7.83. The van der Waals surface area contributed by atoms with E-state index in [-0.39, 0.29) is 18.4 Å². The van der Waals surface area contributed by atoms with Gasteiger partial charge in [0.15, 0.2) is 0 Å². The van der Waals surface area contributed by atoms with E-state index >= 15 is 0 Å². The van der Waals surface area contributed by atoms with Crippen molar-refractivity contribution < 1.29 is 14.6 Å². The molecule has 0 saturated carbocycles. The molecule has 3 rings (SSSR count). The fraction of sp³-hybridized carbons (Fsp3) is 0.545. The molecule has 0 radical (unpaired) electrons. The minimum atomic E-state index is -0.500. The van der Waals surface area contributed by atoms with Gasteiger partial charge < -0.3 is 19.9 Å². The van der Waals surface area contributed by atoms with E-state index < -0.39 is 6.10 Å². The van der Waals surface area contributed by atoms with Gasteiger partial charge in [0, 0.05) is 12.6 Å². The Morgan fingerprint density at radius 3 is 3.12 bits per heavy atom. The summed E-state index contributed by atoms with van der Waals surface area (Å²) in [7, 11) is 0. The molecule has 2 aliphatic heterocycles. The molecular formula is C11H14N2O3. The highest BCUT2D eigenvalue weighted by atomic mass is 16.6. The average Bonchev–Trinajstić information content (AvgIpc) is 2.83. The zero-order chi connectivity index (χ0) is 11.0. The maximum atomic E-state index is 9.59. The van der Waals surface area contributed by atoms with E-state index in [1.165, 1.54) is 0 Å². The van der Waals surface area contributed by atoms with Crippen molar-refractivity contribution in [1.82, 2.24) is 4.98 Å². The lowest BCUT2D eigenvalue weighted by atomic mass is 10.1. The Labute approximate surface area is 93.4 Å². The van der Waals surface area contributed by atoms with E-state index in [1.54, 1.807) is 6.20 Å². The highest BCUT2D eigenvalue weighted by Gasteiger charge is 2.45. The van der Waals surface area contributed by atoms with E-state index in [0.717, 1.165) is 12.2 Å². The highest BCUT2D eigenvalue weighted by molar-refractivity contribution is 5.34. The number of rotatable bonds is 2. The van der Waals surface area contributed by atoms with E-state index in [2.05, 4.69) is 10.3 Å². The maximum absolute atomic E-state index is 9.59. The van der Waals surface area contributed by atoms with Crippen molar-refractivity contribution >= 4 is 5.82 Å². The summed E-state index contributed by atoms with van der Waals surface area (Å²) < 4.78 is 11.1. The van der Waals surface area contributed by atoms with Crippen LogP contribution in [0, 0.1) is 0 Å². The molecule has 1 aromatic heterocycles. The molecule has 0 aromatic carbocycles. The third kappa shape index (κ3) is 1.77. The molecule has 2 unspecified atom stereocenters. The lowest BCUT2D eigenvalue weighted by molar-refractivity contribution is -0.00959. The third-order valence-corrected chi connectivity index (χ3v) is 2.97. The van der Waals surface area contributed by atoms with Gasteiger partial charge in [-0.05, 0) is 12.1 Å². The fourth-order valence-corrected chi connectivity index (χ4v) is 2.20. The van der Waals surface area contributed by atoms with E-state index in [0.29, 0.717) is 6.61 Å². The van der Waals surface area contributed by atoms with Crippen molar-refractivity contribution in [2.45, 2.75) is 31.0 Å². The molecule has 4 atom stereocenters. The van der Waals surface area contributed by atoms with Gasteiger partial charge in [-0.1, -0.05) is 6.07 Å². The molecule has 0 aliphatic carbocycles. The number of pyridine rings is 1. The van der Waals surface area contributed by atoms with E-state index in [1.807, 2.05) is 18.2 Å². The van der Waals surface area contributed by atoms with Crippen LogP contribution in [-0.4, -0.2) is 41.2 Å². The molecular weight excluding hydrogens is 208 g/mol. The first kappa shape index (κ1) is 10.0. The lowest BCUT2D eigenvalue weighted by Crippen LogP contribution is -2.29. The quantitative estimate of drug-likeness (QED) is 0.757. The second-order valence-corrected chi connectivity index (χ2v) is 4.12. The molecule has 16 heavy (non-hydrogen) atoms. The van der Waals surface area contributed by atoms with Gasteiger partial charge in [0.1, 0.15) is 24.3 Å². The number of nitrogens with zero attached hydrogens (tertiary/aromatic N) is 1. The molecule has 5 nitrogen and oxygen atoms in total. The minimum Gasteiger partial charge on any atom is -0.388 e. The van der Waals surface area contributed by atoms with Crippen molar-refractivity contribution in [2.24, 2.45) is 0 Å². The Morgan fingerprint density at radius 2 is 2.38 bits per heavy atom. The van der Waals surface area contributed by atoms with Crippen LogP contribution in [0.25, 0.3) is 0 Å². The summed E-state index contributed by atoms with van der Waals surface area (Å²) in [6.45, 7) is 0.381. The predicted molar refractivity (Wildman–Crippen MR) is 56.9 cm³/mol. The van der Waals surface area contributed by atoms with Gasteiger partial charge >= 0.3 is 0 Å². The maximum Gasteiger partial charge on any atom is 0.132 e. The second kappa shape index (κ2) is 4.01. The van der Waals surface area contributed by atoms with Gasteiger partial charge in [0.25, 0.3) is 0 Å². The number of anilines is 1. The number of ether oxygens (including phenoxy) is 2. The van der Waals surface area contributed by atoms with Crippen molar-refractivity contribution in [3.05, 3.63) is 24.4 Å². The Kier molecular flexibility index (Phi) is 2.51. The molecule has 2 aliphatic rings. The van der Waals surface area contributed by atoms with Crippen LogP contribution < -0.4 is 5.32 Å². The summed E-state index contributed by atoms with van der Waals surface area (Å²) >= 11 is 0. The smallest absolute Gasteiger partial charge is 0.132 e. The topological polar surface area (TPSA) is 63.6 Å². The summed E-state index contributed by atoms with van der Waals surface area (Å²) in [4.78, 5) is 4.16. The molecule has 1 aromatic rings. The molecule has 0 bridgehead atoms. The number of hydrogen-bond donors (Lipinski definition) is 2. The van der Waals surface area contributed by atoms with Crippen LogP contribution in [0.5, 0.6) is 0 Å². The normalized spacial score (nSPS) is 37.3. The van der Waals surface area contributed by atoms with Gasteiger partial charge in [-0.2, -0.15) is 0 Å². The highest BCUT2D eigenvalue weighted by Crippen LogP contribution is 2.30. The van der Waals surface area contributed by atoms with Crippen LogP contribution in [0.15, 0.2) is 24.4 Å². The van der Waals surface area contributed by atoms with E-state index in [9.17, 15) is 5.11 Å². The van der Waals surface area contributed by atoms with Crippen molar-refractivity contribution in [3.8, 4) is 0 Å². The largest absolute Gasteiger partial charge is 0.388 e. The van der Waals surface area contributed by atoms with Crippen LogP contribution in [0.1, 0.15) is 6.42 Å². The first-order valence-corrected chi connectivity index (χ1v) is 5.45. The van der Waals surface area contributed by atoms with Gasteiger partial charge in [-0.3, -0.25) is 0 Å². The Balaban J connectivity index is 1.63. The van der Waals surface area contributed by atoms with Gasteiger partial charge in [0.2, 0.25) is 0 Å². The number of aliphatic hydroxyl groups is 1. The SMILES string of the molecule is OC1COC2C[C@@H](Nc3ccccn3)O[C@@H]12. The monoisotopic (exact) mass is 222 g/mol. The number of nitrogens with one attached hydrogen (secondary N) is 1. The molecule has 0 amide bonds. The van der Waals surface area contributed by atoms with Gasteiger partial charge in [0.05, 0.1) is 12.7 Å². The van der Waals surface area contributed by atoms with Crippen LogP contribution in [0.2, 0.25) is 0 Å². The number of fused-ring (bicyclic) bond motifs is 1. The summed E-state index contributed by atoms with van der Waals surface area (Å²) in [5.41, 5.74) is 0. The van der Waals surface area contributed by atoms with Crippen LogP contribution >= 0.6 is 0 Å². The zero-order valence-electron chi connectivity index (χ0n) is 8.74. The third-order valence-electron chi connectivity index (χ3n) is 2.97. The number of aliphatic hydroxyl groups excluding tert-OH is 1. The lowest BCUT2D eigenvalue weighted by Gasteiger charge is -2.16. The zero-order valence-corrected chi connectivity index (χ0v) is 8.74. The Morgan fingerprint density at radius 1 is 1.44 bits per heavy atom. The molecule has 2 saturated heterocycles. The molecule has 3 heterocycles. The van der Waals surface area contributed by atoms with Crippen LogP contribution in [0.4, 0.5) is 5.82 Å². The predicted octanol–water partition coefficient (Wildman–Crippen LogP) is 0.368. The molecule has 86 valence electrons. The van der Waals surface area contributed by atoms with Crippen molar-refractivity contribution in [3.63, 3.8) is 0 Å². The van der Waals surface area contributed by atoms with Gasteiger partial charge in [-0.15, -0.1) is 0 Å². The summed E-state index contributed by atoms with van der Waals surface area (Å²) in [5, 5.41) is 12.8. The standard InChI is InChI=1S/C11H14N2O3/c14-7-6-15-8-5-10(16-11(7)8)13-9-3-1-2-4-12-9/h1-4,7-8,10-11,14H,5-6H2,(H,12,13)/t7?,8?,10-,11-/m0/s1. The van der Waals surface area contributed by atoms with Gasteiger partial charge in [-0.25, -0.2) is 4.98 Å². The number of aromatic nitrogens is 1. The molecule has 2 fully saturated rings. The first-order valence-electron chi connectivity index (χ1n) is 5.45. The molecule has 2 N–H and O–H groups in total. The summed E-state index contributed by atoms with van der Waals surface area (Å²) in [6, 6.07) is 5.66. The molecule has 0 spiro atoms. The molecule has 5 heteroatoms. The average molecular weight is 222 g/mol. The fourth-order valence-electron chi connectivity index (χ4n) is 2.20. The second-order valence-electron chi connectivity index (χ2n) is 4.12. The van der Waals surface area contributed by atoms with Crippen LogP contribution in [0.3, 0.4) is 0 Å². The Bertz CT molecular complexity index is 360. The van der Waals surface area contributed by atoms with Crippen LogP contribution in [-0.2, 0) is 9.47 Å².